The normalized spacial score (nSPS) is 12.0. The van der Waals surface area contributed by atoms with Crippen molar-refractivity contribution in [1.82, 2.24) is 10.1 Å². The van der Waals surface area contributed by atoms with Gasteiger partial charge in [0.1, 0.15) is 5.69 Å². The van der Waals surface area contributed by atoms with Gasteiger partial charge in [0.15, 0.2) is 0 Å². The topological polar surface area (TPSA) is 38.9 Å². The number of rotatable bonds is 1. The number of fused-ring (bicyclic) bond motifs is 1. The van der Waals surface area contributed by atoms with Crippen LogP contribution in [0.25, 0.3) is 22.4 Å². The zero-order valence-corrected chi connectivity index (χ0v) is 10.4. The van der Waals surface area contributed by atoms with Gasteiger partial charge in [-0.15, -0.1) is 0 Å². The molecule has 0 bridgehead atoms. The Morgan fingerprint density at radius 2 is 1.80 bits per heavy atom. The fraction of sp³-hybridized carbons (Fsp3) is 0.143. The van der Waals surface area contributed by atoms with Gasteiger partial charge < -0.3 is 4.52 Å². The molecular weight excluding hydrogens is 269 g/mol. The van der Waals surface area contributed by atoms with E-state index in [1.807, 2.05) is 0 Å². The highest BCUT2D eigenvalue weighted by atomic mass is 19.4. The second kappa shape index (κ2) is 4.33. The van der Waals surface area contributed by atoms with Gasteiger partial charge in [0.05, 0.1) is 10.9 Å². The molecule has 0 unspecified atom stereocenters. The standard InChI is InChI=1S/C14H9F3N2O/c1-8-7-10(14(15,16)17)11-12(19-20-13(11)18-8)9-5-3-2-4-6-9/h2-7H,1H3. The van der Waals surface area contributed by atoms with Crippen LogP contribution >= 0.6 is 0 Å². The molecule has 2 heterocycles. The number of hydrogen-bond donors (Lipinski definition) is 0. The highest BCUT2D eigenvalue weighted by Gasteiger charge is 2.36. The van der Waals surface area contributed by atoms with Crippen molar-refractivity contribution in [2.24, 2.45) is 0 Å². The van der Waals surface area contributed by atoms with Crippen molar-refractivity contribution in [2.75, 3.05) is 0 Å². The van der Waals surface area contributed by atoms with Crippen LogP contribution in [0.3, 0.4) is 0 Å². The van der Waals surface area contributed by atoms with E-state index in [4.69, 9.17) is 4.52 Å². The summed E-state index contributed by atoms with van der Waals surface area (Å²) in [5.41, 5.74) is 0.0692. The minimum absolute atomic E-state index is 0.101. The van der Waals surface area contributed by atoms with Crippen molar-refractivity contribution in [3.8, 4) is 11.3 Å². The van der Waals surface area contributed by atoms with Gasteiger partial charge in [0.25, 0.3) is 5.71 Å². The van der Waals surface area contributed by atoms with E-state index >= 15 is 0 Å². The quantitative estimate of drug-likeness (QED) is 0.669. The van der Waals surface area contributed by atoms with Crippen LogP contribution in [0.1, 0.15) is 11.3 Å². The second-order valence-corrected chi connectivity index (χ2v) is 4.39. The van der Waals surface area contributed by atoms with Gasteiger partial charge in [-0.3, -0.25) is 0 Å². The molecule has 0 fully saturated rings. The Labute approximate surface area is 112 Å². The largest absolute Gasteiger partial charge is 0.417 e. The molecule has 0 aliphatic heterocycles. The van der Waals surface area contributed by atoms with E-state index in [9.17, 15) is 13.2 Å². The third kappa shape index (κ3) is 2.03. The summed E-state index contributed by atoms with van der Waals surface area (Å²) in [5, 5.41) is 3.64. The molecule has 0 aliphatic rings. The summed E-state index contributed by atoms with van der Waals surface area (Å²) < 4.78 is 44.5. The summed E-state index contributed by atoms with van der Waals surface area (Å²) >= 11 is 0. The molecule has 3 nitrogen and oxygen atoms in total. The lowest BCUT2D eigenvalue weighted by Crippen LogP contribution is -2.07. The lowest BCUT2D eigenvalue weighted by Gasteiger charge is -2.09. The molecule has 3 rings (SSSR count). The molecule has 1 aromatic carbocycles. The summed E-state index contributed by atoms with van der Waals surface area (Å²) in [6, 6.07) is 9.59. The van der Waals surface area contributed by atoms with Gasteiger partial charge in [0.2, 0.25) is 0 Å². The predicted molar refractivity (Wildman–Crippen MR) is 67.0 cm³/mol. The first-order valence-electron chi connectivity index (χ1n) is 5.86. The number of aromatic nitrogens is 2. The number of alkyl halides is 3. The minimum Gasteiger partial charge on any atom is -0.335 e. The van der Waals surface area contributed by atoms with Crippen LogP contribution in [0.4, 0.5) is 13.2 Å². The summed E-state index contributed by atoms with van der Waals surface area (Å²) in [4.78, 5) is 3.97. The van der Waals surface area contributed by atoms with Gasteiger partial charge >= 0.3 is 6.18 Å². The SMILES string of the molecule is Cc1cc(C(F)(F)F)c2c(-c3ccccc3)noc2n1. The van der Waals surface area contributed by atoms with Crippen LogP contribution in [-0.2, 0) is 6.18 Å². The average Bonchev–Trinajstić information content (AvgIpc) is 2.81. The number of halogens is 3. The molecule has 0 radical (unpaired) electrons. The van der Waals surface area contributed by atoms with Crippen LogP contribution in [0, 0.1) is 6.92 Å². The van der Waals surface area contributed by atoms with Crippen LogP contribution in [0.5, 0.6) is 0 Å². The van der Waals surface area contributed by atoms with Gasteiger partial charge in [-0.1, -0.05) is 35.5 Å². The van der Waals surface area contributed by atoms with Crippen molar-refractivity contribution in [2.45, 2.75) is 13.1 Å². The van der Waals surface area contributed by atoms with E-state index < -0.39 is 11.7 Å². The van der Waals surface area contributed by atoms with E-state index in [1.165, 1.54) is 6.92 Å². The van der Waals surface area contributed by atoms with Crippen LogP contribution in [0.15, 0.2) is 40.9 Å². The van der Waals surface area contributed by atoms with Gasteiger partial charge in [-0.25, -0.2) is 4.98 Å². The number of benzene rings is 1. The zero-order valence-electron chi connectivity index (χ0n) is 10.4. The van der Waals surface area contributed by atoms with Crippen LogP contribution < -0.4 is 0 Å². The fourth-order valence-electron chi connectivity index (χ4n) is 2.09. The third-order valence-electron chi connectivity index (χ3n) is 2.93. The van der Waals surface area contributed by atoms with Crippen molar-refractivity contribution < 1.29 is 17.7 Å². The second-order valence-electron chi connectivity index (χ2n) is 4.39. The molecule has 3 aromatic rings. The summed E-state index contributed by atoms with van der Waals surface area (Å²) in [5.74, 6) is 0. The monoisotopic (exact) mass is 278 g/mol. The van der Waals surface area contributed by atoms with Crippen LogP contribution in [0.2, 0.25) is 0 Å². The number of pyridine rings is 1. The Kier molecular flexibility index (Phi) is 2.74. The molecule has 0 atom stereocenters. The molecule has 0 saturated heterocycles. The molecule has 0 amide bonds. The average molecular weight is 278 g/mol. The summed E-state index contributed by atoms with van der Waals surface area (Å²) in [6.45, 7) is 1.49. The number of nitrogens with zero attached hydrogens (tertiary/aromatic N) is 2. The smallest absolute Gasteiger partial charge is 0.335 e. The Bertz CT molecular complexity index is 763. The summed E-state index contributed by atoms with van der Waals surface area (Å²) in [6.07, 6.45) is -4.49. The molecule has 102 valence electrons. The Hall–Kier alpha value is -2.37. The van der Waals surface area contributed by atoms with E-state index in [-0.39, 0.29) is 22.5 Å². The summed E-state index contributed by atoms with van der Waals surface area (Å²) in [7, 11) is 0. The highest BCUT2D eigenvalue weighted by Crippen LogP contribution is 2.39. The Morgan fingerprint density at radius 1 is 1.10 bits per heavy atom. The molecule has 0 aliphatic carbocycles. The van der Waals surface area contributed by atoms with Crippen molar-refractivity contribution in [3.05, 3.63) is 47.7 Å². The van der Waals surface area contributed by atoms with Gasteiger partial charge in [0, 0.05) is 11.3 Å². The van der Waals surface area contributed by atoms with Crippen LogP contribution in [-0.4, -0.2) is 10.1 Å². The molecule has 0 spiro atoms. The first-order valence-corrected chi connectivity index (χ1v) is 5.86. The third-order valence-corrected chi connectivity index (χ3v) is 2.93. The van der Waals surface area contributed by atoms with E-state index in [0.717, 1.165) is 6.07 Å². The van der Waals surface area contributed by atoms with E-state index in [0.29, 0.717) is 5.56 Å². The van der Waals surface area contributed by atoms with Crippen molar-refractivity contribution in [3.63, 3.8) is 0 Å². The molecule has 20 heavy (non-hydrogen) atoms. The molecule has 0 N–H and O–H groups in total. The lowest BCUT2D eigenvalue weighted by atomic mass is 10.0. The molecule has 6 heteroatoms. The molecule has 2 aromatic heterocycles. The zero-order chi connectivity index (χ0) is 14.3. The Balaban J connectivity index is 2.36. The van der Waals surface area contributed by atoms with E-state index in [2.05, 4.69) is 10.1 Å². The first-order chi connectivity index (χ1) is 9.47. The maximum Gasteiger partial charge on any atom is 0.417 e. The van der Waals surface area contributed by atoms with Gasteiger partial charge in [-0.2, -0.15) is 13.2 Å². The lowest BCUT2D eigenvalue weighted by molar-refractivity contribution is -0.136. The maximum absolute atomic E-state index is 13.2. The first kappa shape index (κ1) is 12.7. The predicted octanol–water partition coefficient (Wildman–Crippen LogP) is 4.22. The molecular formula is C14H9F3N2O. The molecule has 0 saturated carbocycles. The highest BCUT2D eigenvalue weighted by molar-refractivity contribution is 5.92. The number of aryl methyl sites for hydroxylation is 1. The maximum atomic E-state index is 13.2. The minimum atomic E-state index is -4.49. The van der Waals surface area contributed by atoms with Crippen molar-refractivity contribution in [1.29, 1.82) is 0 Å². The van der Waals surface area contributed by atoms with Crippen molar-refractivity contribution >= 4 is 11.1 Å². The Morgan fingerprint density at radius 3 is 2.45 bits per heavy atom. The van der Waals surface area contributed by atoms with E-state index in [1.54, 1.807) is 30.3 Å². The fourth-order valence-corrected chi connectivity index (χ4v) is 2.09. The number of hydrogen-bond acceptors (Lipinski definition) is 3. The van der Waals surface area contributed by atoms with Gasteiger partial charge in [-0.05, 0) is 13.0 Å².